The van der Waals surface area contributed by atoms with Crippen molar-refractivity contribution in [3.05, 3.63) is 18.2 Å². The van der Waals surface area contributed by atoms with E-state index in [1.807, 2.05) is 18.2 Å². The van der Waals surface area contributed by atoms with Crippen molar-refractivity contribution in [2.75, 3.05) is 19.0 Å². The van der Waals surface area contributed by atoms with Gasteiger partial charge in [0.05, 0.1) is 6.10 Å². The molecule has 1 heterocycles. The van der Waals surface area contributed by atoms with E-state index in [0.717, 1.165) is 34.5 Å². The van der Waals surface area contributed by atoms with Crippen LogP contribution in [0.1, 0.15) is 32.1 Å². The Balaban J connectivity index is 1.50. The molecule has 3 rings (SSSR count). The molecule has 4 heteroatoms. The number of benzene rings is 1. The van der Waals surface area contributed by atoms with Gasteiger partial charge in [0.15, 0.2) is 11.5 Å². The normalized spacial score (nSPS) is 20.1. The number of aliphatic hydroxyl groups is 1. The van der Waals surface area contributed by atoms with Gasteiger partial charge >= 0.3 is 0 Å². The SMILES string of the molecule is OC(CSc1ccc2c(c1)OCCO2)CC1CCCC1. The molecule has 1 aromatic rings. The van der Waals surface area contributed by atoms with Crippen molar-refractivity contribution >= 4 is 11.8 Å². The number of fused-ring (bicyclic) bond motifs is 1. The predicted octanol–water partition coefficient (Wildman–Crippen LogP) is 3.49. The fourth-order valence-corrected chi connectivity index (χ4v) is 3.88. The first-order valence-corrected chi connectivity index (χ1v) is 8.50. The van der Waals surface area contributed by atoms with Gasteiger partial charge in [0.25, 0.3) is 0 Å². The molecule has 3 nitrogen and oxygen atoms in total. The first-order chi connectivity index (χ1) is 9.81. The van der Waals surface area contributed by atoms with Gasteiger partial charge in [0.2, 0.25) is 0 Å². The van der Waals surface area contributed by atoms with Crippen LogP contribution in [-0.4, -0.2) is 30.2 Å². The number of hydrogen-bond donors (Lipinski definition) is 1. The molecule has 1 N–H and O–H groups in total. The predicted molar refractivity (Wildman–Crippen MR) is 80.7 cm³/mol. The van der Waals surface area contributed by atoms with Crippen LogP contribution in [0.2, 0.25) is 0 Å². The highest BCUT2D eigenvalue weighted by molar-refractivity contribution is 7.99. The lowest BCUT2D eigenvalue weighted by Crippen LogP contribution is -2.15. The van der Waals surface area contributed by atoms with Crippen LogP contribution in [0.15, 0.2) is 23.1 Å². The molecule has 20 heavy (non-hydrogen) atoms. The first-order valence-electron chi connectivity index (χ1n) is 7.52. The molecule has 2 aliphatic rings. The Morgan fingerprint density at radius 2 is 1.90 bits per heavy atom. The summed E-state index contributed by atoms with van der Waals surface area (Å²) < 4.78 is 11.1. The molecule has 0 amide bonds. The van der Waals surface area contributed by atoms with E-state index < -0.39 is 0 Å². The summed E-state index contributed by atoms with van der Waals surface area (Å²) >= 11 is 1.70. The molecule has 1 saturated carbocycles. The molecule has 1 atom stereocenters. The first kappa shape index (κ1) is 14.1. The molecule has 1 unspecified atom stereocenters. The Bertz CT molecular complexity index is 443. The molecule has 0 saturated heterocycles. The van der Waals surface area contributed by atoms with Gasteiger partial charge in [-0.25, -0.2) is 0 Å². The lowest BCUT2D eigenvalue weighted by molar-refractivity contribution is 0.165. The van der Waals surface area contributed by atoms with Crippen molar-refractivity contribution in [3.8, 4) is 11.5 Å². The molecule has 1 aromatic carbocycles. The zero-order valence-electron chi connectivity index (χ0n) is 11.7. The molecule has 1 aliphatic heterocycles. The standard InChI is InChI=1S/C16H22O3S/c17-13(9-12-3-1-2-4-12)11-20-14-5-6-15-16(10-14)19-8-7-18-15/h5-6,10,12-13,17H,1-4,7-9,11H2. The van der Waals surface area contributed by atoms with Crippen LogP contribution in [0.3, 0.4) is 0 Å². The Kier molecular flexibility index (Phi) is 4.73. The van der Waals surface area contributed by atoms with Crippen molar-refractivity contribution < 1.29 is 14.6 Å². The molecular weight excluding hydrogens is 272 g/mol. The molecule has 0 spiro atoms. The summed E-state index contributed by atoms with van der Waals surface area (Å²) in [5.74, 6) is 3.15. The van der Waals surface area contributed by atoms with Gasteiger partial charge < -0.3 is 14.6 Å². The number of rotatable bonds is 5. The summed E-state index contributed by atoms with van der Waals surface area (Å²) in [5.41, 5.74) is 0. The summed E-state index contributed by atoms with van der Waals surface area (Å²) in [4.78, 5) is 1.14. The largest absolute Gasteiger partial charge is 0.486 e. The molecule has 0 bridgehead atoms. The minimum Gasteiger partial charge on any atom is -0.486 e. The zero-order chi connectivity index (χ0) is 13.8. The second kappa shape index (κ2) is 6.72. The van der Waals surface area contributed by atoms with Crippen molar-refractivity contribution in [1.29, 1.82) is 0 Å². The maximum absolute atomic E-state index is 10.1. The maximum atomic E-state index is 10.1. The molecule has 0 radical (unpaired) electrons. The topological polar surface area (TPSA) is 38.7 Å². The fraction of sp³-hybridized carbons (Fsp3) is 0.625. The highest BCUT2D eigenvalue weighted by Crippen LogP contribution is 2.35. The number of aliphatic hydroxyl groups excluding tert-OH is 1. The van der Waals surface area contributed by atoms with Gasteiger partial charge in [0.1, 0.15) is 13.2 Å². The molecule has 1 fully saturated rings. The average molecular weight is 294 g/mol. The van der Waals surface area contributed by atoms with E-state index in [4.69, 9.17) is 9.47 Å². The summed E-state index contributed by atoms with van der Waals surface area (Å²) in [5, 5.41) is 10.1. The Morgan fingerprint density at radius 3 is 2.70 bits per heavy atom. The third kappa shape index (κ3) is 3.61. The van der Waals surface area contributed by atoms with Gasteiger partial charge in [-0.15, -0.1) is 11.8 Å². The van der Waals surface area contributed by atoms with E-state index in [-0.39, 0.29) is 6.10 Å². The van der Waals surface area contributed by atoms with Crippen LogP contribution >= 0.6 is 11.8 Å². The smallest absolute Gasteiger partial charge is 0.162 e. The highest BCUT2D eigenvalue weighted by atomic mass is 32.2. The summed E-state index contributed by atoms with van der Waals surface area (Å²) in [6.45, 7) is 1.24. The summed E-state index contributed by atoms with van der Waals surface area (Å²) in [6, 6.07) is 6.02. The van der Waals surface area contributed by atoms with Gasteiger partial charge in [-0.1, -0.05) is 25.7 Å². The zero-order valence-corrected chi connectivity index (χ0v) is 12.5. The Morgan fingerprint density at radius 1 is 1.15 bits per heavy atom. The average Bonchev–Trinajstić information content (AvgIpc) is 2.98. The minimum absolute atomic E-state index is 0.198. The van der Waals surface area contributed by atoms with E-state index >= 15 is 0 Å². The molecule has 110 valence electrons. The molecule has 0 aromatic heterocycles. The third-order valence-corrected chi connectivity index (χ3v) is 5.17. The third-order valence-electron chi connectivity index (χ3n) is 4.04. The van der Waals surface area contributed by atoms with Crippen molar-refractivity contribution in [2.24, 2.45) is 5.92 Å². The van der Waals surface area contributed by atoms with E-state index in [2.05, 4.69) is 0 Å². The van der Waals surface area contributed by atoms with Crippen LogP contribution in [0, 0.1) is 5.92 Å². The van der Waals surface area contributed by atoms with E-state index in [1.54, 1.807) is 11.8 Å². The highest BCUT2D eigenvalue weighted by Gasteiger charge is 2.19. The van der Waals surface area contributed by atoms with Crippen LogP contribution in [0.4, 0.5) is 0 Å². The van der Waals surface area contributed by atoms with Crippen LogP contribution in [-0.2, 0) is 0 Å². The lowest BCUT2D eigenvalue weighted by atomic mass is 10.0. The summed E-state index contributed by atoms with van der Waals surface area (Å²) in [6.07, 6.45) is 6.03. The quantitative estimate of drug-likeness (QED) is 0.844. The number of hydrogen-bond acceptors (Lipinski definition) is 4. The maximum Gasteiger partial charge on any atom is 0.162 e. The second-order valence-corrected chi connectivity index (χ2v) is 6.75. The van der Waals surface area contributed by atoms with Crippen LogP contribution in [0.25, 0.3) is 0 Å². The fourth-order valence-electron chi connectivity index (χ4n) is 3.00. The Hall–Kier alpha value is -0.870. The monoisotopic (exact) mass is 294 g/mol. The van der Waals surface area contributed by atoms with Gasteiger partial charge in [-0.05, 0) is 30.5 Å². The second-order valence-electron chi connectivity index (χ2n) is 5.66. The number of ether oxygens (including phenoxy) is 2. The van der Waals surface area contributed by atoms with Gasteiger partial charge in [-0.3, -0.25) is 0 Å². The van der Waals surface area contributed by atoms with Crippen molar-refractivity contribution in [2.45, 2.75) is 43.1 Å². The van der Waals surface area contributed by atoms with Gasteiger partial charge in [-0.2, -0.15) is 0 Å². The van der Waals surface area contributed by atoms with Crippen molar-refractivity contribution in [3.63, 3.8) is 0 Å². The summed E-state index contributed by atoms with van der Waals surface area (Å²) in [7, 11) is 0. The Labute approximate surface area is 124 Å². The van der Waals surface area contributed by atoms with Gasteiger partial charge in [0, 0.05) is 10.6 Å². The molecule has 1 aliphatic carbocycles. The van der Waals surface area contributed by atoms with Crippen molar-refractivity contribution in [1.82, 2.24) is 0 Å². The van der Waals surface area contributed by atoms with E-state index in [9.17, 15) is 5.11 Å². The van der Waals surface area contributed by atoms with E-state index in [1.165, 1.54) is 25.7 Å². The van der Waals surface area contributed by atoms with E-state index in [0.29, 0.717) is 13.2 Å². The number of thioether (sulfide) groups is 1. The molecular formula is C16H22O3S. The lowest BCUT2D eigenvalue weighted by Gasteiger charge is -2.19. The minimum atomic E-state index is -0.198. The van der Waals surface area contributed by atoms with Crippen LogP contribution < -0.4 is 9.47 Å². The van der Waals surface area contributed by atoms with Crippen LogP contribution in [0.5, 0.6) is 11.5 Å².